The molecule has 0 N–H and O–H groups in total. The van der Waals surface area contributed by atoms with E-state index >= 15 is 0 Å². The van der Waals surface area contributed by atoms with Crippen LogP contribution >= 0.6 is 0 Å². The molecule has 2 aromatic heterocycles. The number of nitrogens with zero attached hydrogens (tertiary/aromatic N) is 4. The van der Waals surface area contributed by atoms with Crippen LogP contribution in [0, 0.1) is 11.6 Å². The Hall–Kier alpha value is -3.10. The molecule has 0 amide bonds. The molecule has 0 bridgehead atoms. The van der Waals surface area contributed by atoms with E-state index < -0.39 is 29.8 Å². The number of ether oxygens (including phenoxy) is 1. The van der Waals surface area contributed by atoms with Crippen molar-refractivity contribution in [3.63, 3.8) is 0 Å². The summed E-state index contributed by atoms with van der Waals surface area (Å²) in [5.74, 6) is -1.47. The van der Waals surface area contributed by atoms with Crippen LogP contribution in [0.5, 0.6) is 0 Å². The predicted molar refractivity (Wildman–Crippen MR) is 94.9 cm³/mol. The molecule has 2 atom stereocenters. The number of hydrogen-bond acceptors (Lipinski definition) is 5. The Morgan fingerprint density at radius 2 is 2.11 bits per heavy atom. The zero-order valence-corrected chi connectivity index (χ0v) is 15.0. The summed E-state index contributed by atoms with van der Waals surface area (Å²) >= 11 is 0. The number of alkyl halides is 1. The standard InChI is InChI=1S/C19H17F3N4O2/c1-2-28-19(27)16-9-23-17-5-6-18(24-26(16)17)25-10-12(21)8-15(25)13-7-11(20)3-4-14(13)22/h3-7,9,12,15H,2,8,10H2,1H3/t12-,15+/m0/s1. The summed E-state index contributed by atoms with van der Waals surface area (Å²) in [7, 11) is 0. The van der Waals surface area contributed by atoms with Crippen molar-refractivity contribution in [2.75, 3.05) is 18.1 Å². The van der Waals surface area contributed by atoms with Gasteiger partial charge in [-0.1, -0.05) is 0 Å². The van der Waals surface area contributed by atoms with Crippen molar-refractivity contribution in [3.8, 4) is 0 Å². The molecule has 0 saturated carbocycles. The van der Waals surface area contributed by atoms with E-state index in [0.29, 0.717) is 11.5 Å². The Morgan fingerprint density at radius 1 is 1.29 bits per heavy atom. The Morgan fingerprint density at radius 3 is 2.89 bits per heavy atom. The van der Waals surface area contributed by atoms with Crippen molar-refractivity contribution in [1.29, 1.82) is 0 Å². The van der Waals surface area contributed by atoms with E-state index in [-0.39, 0.29) is 30.8 Å². The highest BCUT2D eigenvalue weighted by atomic mass is 19.1. The van der Waals surface area contributed by atoms with Crippen LogP contribution in [0.25, 0.3) is 5.65 Å². The van der Waals surface area contributed by atoms with Gasteiger partial charge in [-0.05, 0) is 37.3 Å². The van der Waals surface area contributed by atoms with Gasteiger partial charge in [0, 0.05) is 12.0 Å². The lowest BCUT2D eigenvalue weighted by Crippen LogP contribution is -2.26. The molecular formula is C19H17F3N4O2. The molecule has 1 fully saturated rings. The van der Waals surface area contributed by atoms with Gasteiger partial charge in [-0.3, -0.25) is 0 Å². The van der Waals surface area contributed by atoms with Crippen LogP contribution < -0.4 is 4.90 Å². The molecule has 6 nitrogen and oxygen atoms in total. The van der Waals surface area contributed by atoms with Crippen LogP contribution in [0.1, 0.15) is 35.4 Å². The van der Waals surface area contributed by atoms with Crippen molar-refractivity contribution in [3.05, 3.63) is 59.4 Å². The van der Waals surface area contributed by atoms with E-state index in [2.05, 4.69) is 10.1 Å². The third-order valence-corrected chi connectivity index (χ3v) is 4.69. The van der Waals surface area contributed by atoms with Gasteiger partial charge in [0.15, 0.2) is 11.3 Å². The van der Waals surface area contributed by atoms with Gasteiger partial charge in [-0.25, -0.2) is 27.5 Å². The summed E-state index contributed by atoms with van der Waals surface area (Å²) in [4.78, 5) is 17.8. The molecule has 146 valence electrons. The van der Waals surface area contributed by atoms with Crippen molar-refractivity contribution in [2.24, 2.45) is 0 Å². The Bertz CT molecular complexity index is 1040. The molecule has 28 heavy (non-hydrogen) atoms. The number of rotatable bonds is 4. The van der Waals surface area contributed by atoms with Gasteiger partial charge in [-0.15, -0.1) is 5.10 Å². The van der Waals surface area contributed by atoms with E-state index in [0.717, 1.165) is 18.2 Å². The van der Waals surface area contributed by atoms with Crippen molar-refractivity contribution < 1.29 is 22.7 Å². The maximum atomic E-state index is 14.3. The third-order valence-electron chi connectivity index (χ3n) is 4.69. The molecule has 4 rings (SSSR count). The average molecular weight is 390 g/mol. The van der Waals surface area contributed by atoms with Crippen LogP contribution in [-0.4, -0.2) is 39.9 Å². The number of hydrogen-bond donors (Lipinski definition) is 0. The zero-order chi connectivity index (χ0) is 19.8. The topological polar surface area (TPSA) is 59.7 Å². The Kier molecular flexibility index (Phi) is 4.66. The van der Waals surface area contributed by atoms with Gasteiger partial charge in [0.05, 0.1) is 25.4 Å². The fraction of sp³-hybridized carbons (Fsp3) is 0.316. The number of benzene rings is 1. The second-order valence-electron chi connectivity index (χ2n) is 6.49. The minimum Gasteiger partial charge on any atom is -0.461 e. The number of esters is 1. The SMILES string of the molecule is CCOC(=O)c1cnc2ccc(N3C[C@@H](F)C[C@@H]3c3cc(F)ccc3F)nn12. The number of halogens is 3. The lowest BCUT2D eigenvalue weighted by molar-refractivity contribution is 0.0516. The summed E-state index contributed by atoms with van der Waals surface area (Å²) in [5.41, 5.74) is 0.609. The summed E-state index contributed by atoms with van der Waals surface area (Å²) < 4.78 is 48.4. The highest BCUT2D eigenvalue weighted by molar-refractivity contribution is 5.88. The molecule has 1 saturated heterocycles. The number of fused-ring (bicyclic) bond motifs is 1. The molecule has 0 unspecified atom stereocenters. The zero-order valence-electron chi connectivity index (χ0n) is 15.0. The van der Waals surface area contributed by atoms with Crippen molar-refractivity contribution in [2.45, 2.75) is 25.6 Å². The summed E-state index contributed by atoms with van der Waals surface area (Å²) in [6, 6.07) is 5.64. The summed E-state index contributed by atoms with van der Waals surface area (Å²) in [6.07, 6.45) is 0.127. The molecule has 0 radical (unpaired) electrons. The van der Waals surface area contributed by atoms with E-state index in [1.807, 2.05) is 0 Å². The first kappa shape index (κ1) is 18.3. The van der Waals surface area contributed by atoms with Gasteiger partial charge < -0.3 is 9.64 Å². The molecule has 1 aliphatic heterocycles. The normalized spacial score (nSPS) is 19.4. The van der Waals surface area contributed by atoms with E-state index in [1.54, 1.807) is 24.0 Å². The number of carbonyl (C=O) groups excluding carboxylic acids is 1. The molecule has 0 spiro atoms. The predicted octanol–water partition coefficient (Wildman–Crippen LogP) is 3.47. The highest BCUT2D eigenvalue weighted by Gasteiger charge is 2.36. The van der Waals surface area contributed by atoms with Crippen LogP contribution in [0.15, 0.2) is 36.5 Å². The molecule has 1 aromatic carbocycles. The van der Waals surface area contributed by atoms with E-state index in [4.69, 9.17) is 4.74 Å². The summed E-state index contributed by atoms with van der Waals surface area (Å²) in [6.45, 7) is 1.86. The minimum atomic E-state index is -1.22. The lowest BCUT2D eigenvalue weighted by atomic mass is 10.0. The third kappa shape index (κ3) is 3.17. The fourth-order valence-electron chi connectivity index (χ4n) is 3.46. The highest BCUT2D eigenvalue weighted by Crippen LogP contribution is 2.38. The van der Waals surface area contributed by atoms with Crippen LogP contribution in [0.3, 0.4) is 0 Å². The smallest absolute Gasteiger partial charge is 0.358 e. The fourth-order valence-corrected chi connectivity index (χ4v) is 3.46. The average Bonchev–Trinajstić information content (AvgIpc) is 3.26. The number of carbonyl (C=O) groups is 1. The van der Waals surface area contributed by atoms with E-state index in [9.17, 15) is 18.0 Å². The second-order valence-corrected chi connectivity index (χ2v) is 6.49. The van der Waals surface area contributed by atoms with Crippen molar-refractivity contribution >= 4 is 17.4 Å². The first-order valence-electron chi connectivity index (χ1n) is 8.85. The first-order valence-corrected chi connectivity index (χ1v) is 8.85. The Balaban J connectivity index is 1.76. The van der Waals surface area contributed by atoms with E-state index in [1.165, 1.54) is 10.7 Å². The second kappa shape index (κ2) is 7.14. The van der Waals surface area contributed by atoms with Crippen LogP contribution in [0.4, 0.5) is 19.0 Å². The molecule has 0 aliphatic carbocycles. The van der Waals surface area contributed by atoms with Gasteiger partial charge >= 0.3 is 5.97 Å². The largest absolute Gasteiger partial charge is 0.461 e. The number of imidazole rings is 1. The lowest BCUT2D eigenvalue weighted by Gasteiger charge is -2.26. The van der Waals surface area contributed by atoms with Gasteiger partial charge in [0.25, 0.3) is 0 Å². The van der Waals surface area contributed by atoms with Gasteiger partial charge in [0.1, 0.15) is 23.6 Å². The van der Waals surface area contributed by atoms with Crippen LogP contribution in [-0.2, 0) is 4.74 Å². The molecular weight excluding hydrogens is 373 g/mol. The first-order chi connectivity index (χ1) is 13.5. The van der Waals surface area contributed by atoms with Crippen LogP contribution in [0.2, 0.25) is 0 Å². The Labute approximate surface area is 158 Å². The number of aromatic nitrogens is 3. The quantitative estimate of drug-likeness (QED) is 0.639. The summed E-state index contributed by atoms with van der Waals surface area (Å²) in [5, 5.41) is 4.38. The minimum absolute atomic E-state index is 0.00868. The van der Waals surface area contributed by atoms with Gasteiger partial charge in [0.2, 0.25) is 0 Å². The number of anilines is 1. The maximum Gasteiger partial charge on any atom is 0.358 e. The molecule has 1 aliphatic rings. The molecule has 3 aromatic rings. The molecule has 3 heterocycles. The molecule has 9 heteroatoms. The maximum absolute atomic E-state index is 14.3. The van der Waals surface area contributed by atoms with Crippen molar-refractivity contribution in [1.82, 2.24) is 14.6 Å². The monoisotopic (exact) mass is 390 g/mol. The van der Waals surface area contributed by atoms with Gasteiger partial charge in [-0.2, -0.15) is 0 Å².